The van der Waals surface area contributed by atoms with Crippen molar-refractivity contribution in [3.8, 4) is 17.3 Å². The van der Waals surface area contributed by atoms with E-state index in [9.17, 15) is 32.3 Å². The molecule has 7 aliphatic heterocycles. The second-order valence-corrected chi connectivity index (χ2v) is 18.4. The molecule has 65 heavy (non-hydrogen) atoms. The van der Waals surface area contributed by atoms with Gasteiger partial charge in [0.05, 0.1) is 40.3 Å². The molecule has 344 valence electrons. The number of pyridine rings is 2. The summed E-state index contributed by atoms with van der Waals surface area (Å²) < 4.78 is 41.9. The molecule has 0 saturated carbocycles. The van der Waals surface area contributed by atoms with Gasteiger partial charge in [-0.05, 0) is 99.2 Å². The van der Waals surface area contributed by atoms with Crippen LogP contribution < -0.4 is 30.9 Å². The quantitative estimate of drug-likeness (QED) is 0.180. The second-order valence-electron chi connectivity index (χ2n) is 18.4. The van der Waals surface area contributed by atoms with Crippen LogP contribution in [0.3, 0.4) is 0 Å². The highest BCUT2D eigenvalue weighted by atomic mass is 19.4. The highest BCUT2D eigenvalue weighted by Gasteiger charge is 2.36. The summed E-state index contributed by atoms with van der Waals surface area (Å²) in [6.45, 7) is 11.2. The summed E-state index contributed by atoms with van der Waals surface area (Å²) in [5, 5.41) is 14.4. The molecule has 8 heterocycles. The lowest BCUT2D eigenvalue weighted by Crippen LogP contribution is -2.50. The van der Waals surface area contributed by atoms with Crippen LogP contribution >= 0.6 is 0 Å². The number of aromatic amines is 1. The maximum Gasteiger partial charge on any atom is 0.417 e. The first-order valence-corrected chi connectivity index (χ1v) is 23.0. The largest absolute Gasteiger partial charge is 0.417 e. The van der Waals surface area contributed by atoms with E-state index in [1.165, 1.54) is 16.7 Å². The summed E-state index contributed by atoms with van der Waals surface area (Å²) in [5.74, 6) is 1.60. The summed E-state index contributed by atoms with van der Waals surface area (Å²) in [6, 6.07) is 12.3. The number of fused-ring (bicyclic) bond motifs is 1. The number of rotatable bonds is 10. The number of nitrogens with one attached hydrogen (secondary N) is 3. The van der Waals surface area contributed by atoms with Crippen LogP contribution in [-0.4, -0.2) is 121 Å². The molecule has 3 amide bonds. The highest BCUT2D eigenvalue weighted by Crippen LogP contribution is 2.36. The number of carbonyl (C=O) groups is 3. The third-order valence-corrected chi connectivity index (χ3v) is 14.3. The number of amides is 3. The molecule has 2 aromatic rings. The standard InChI is InChI=1S/C47H56F3N11O4/c48-47(49,50)38-25-35(2-1-34(38)26-51)58-19-13-33(14-20-58)44(63)54-41-6-3-36(27-52-41)59-15-9-31(10-16-59)28-56-21-23-57(24-22-56)29-32-11-17-60(18-12-32)42-7-4-37-39(53-42)30-61(46(37)65)40-5-8-43(62)55-45(40)64/h1-4,6-7,25,27,30-33,40,53H,5,8-24,28-29H2,(H,52,54,63)(H,55,62,64). The Balaban J connectivity index is 0.663. The fourth-order valence-corrected chi connectivity index (χ4v) is 10.4. The first-order valence-electron chi connectivity index (χ1n) is 23.0. The molecular formula is C47H56F3N11O4. The van der Waals surface area contributed by atoms with Crippen LogP contribution in [0, 0.1) is 29.1 Å². The van der Waals surface area contributed by atoms with Crippen molar-refractivity contribution in [2.45, 2.75) is 63.6 Å². The molecule has 5 fully saturated rings. The number of imide groups is 1. The molecule has 1 aromatic heterocycles. The number of hydrogen-bond donors (Lipinski definition) is 3. The van der Waals surface area contributed by atoms with Crippen LogP contribution in [0.1, 0.15) is 68.5 Å². The monoisotopic (exact) mass is 895 g/mol. The highest BCUT2D eigenvalue weighted by molar-refractivity contribution is 5.99. The number of H-pyrrole nitrogens is 1. The van der Waals surface area contributed by atoms with Crippen molar-refractivity contribution in [3.63, 3.8) is 0 Å². The first-order chi connectivity index (χ1) is 31.4. The van der Waals surface area contributed by atoms with E-state index >= 15 is 0 Å². The van der Waals surface area contributed by atoms with Gasteiger partial charge in [0.15, 0.2) is 0 Å². The Hall–Kier alpha value is -5.93. The molecule has 5 saturated heterocycles. The van der Waals surface area contributed by atoms with Gasteiger partial charge in [-0.15, -0.1) is 0 Å². The number of nitrogens with zero attached hydrogens (tertiary/aromatic N) is 8. The van der Waals surface area contributed by atoms with Gasteiger partial charge in [0.2, 0.25) is 17.7 Å². The van der Waals surface area contributed by atoms with Gasteiger partial charge < -0.3 is 39.4 Å². The molecule has 9 rings (SSSR count). The Kier molecular flexibility index (Phi) is 12.9. The summed E-state index contributed by atoms with van der Waals surface area (Å²) in [5.41, 5.74) is 1.11. The lowest BCUT2D eigenvalue weighted by atomic mass is 9.94. The Morgan fingerprint density at radius 3 is 1.98 bits per heavy atom. The molecule has 7 aliphatic rings. The van der Waals surface area contributed by atoms with Crippen LogP contribution in [0.5, 0.6) is 0 Å². The maximum atomic E-state index is 13.5. The minimum Gasteiger partial charge on any atom is -0.371 e. The molecule has 0 bridgehead atoms. The normalized spacial score (nSPS) is 21.4. The third-order valence-electron chi connectivity index (χ3n) is 14.3. The van der Waals surface area contributed by atoms with E-state index in [0.29, 0.717) is 67.0 Å². The van der Waals surface area contributed by atoms with Gasteiger partial charge in [-0.3, -0.25) is 24.5 Å². The number of halogens is 3. The summed E-state index contributed by atoms with van der Waals surface area (Å²) >= 11 is 0. The van der Waals surface area contributed by atoms with Crippen molar-refractivity contribution < 1.29 is 27.6 Å². The van der Waals surface area contributed by atoms with E-state index in [0.717, 1.165) is 109 Å². The number of anilines is 4. The number of piperazine rings is 1. The smallest absolute Gasteiger partial charge is 0.371 e. The Morgan fingerprint density at radius 2 is 1.38 bits per heavy atom. The van der Waals surface area contributed by atoms with E-state index in [2.05, 4.69) is 40.2 Å². The predicted octanol–water partition coefficient (Wildman–Crippen LogP) is 5.15. The summed E-state index contributed by atoms with van der Waals surface area (Å²) in [6.07, 6.45) is 4.89. The van der Waals surface area contributed by atoms with E-state index in [-0.39, 0.29) is 29.7 Å². The molecule has 1 unspecified atom stereocenters. The first kappa shape index (κ1) is 44.3. The summed E-state index contributed by atoms with van der Waals surface area (Å²) in [4.78, 5) is 70.1. The molecule has 15 nitrogen and oxygen atoms in total. The van der Waals surface area contributed by atoms with Gasteiger partial charge in [-0.2, -0.15) is 18.4 Å². The molecule has 0 radical (unpaired) electrons. The molecular weight excluding hydrogens is 840 g/mol. The zero-order valence-electron chi connectivity index (χ0n) is 36.5. The number of carbonyl (C=O) groups excluding carboxylic acids is 3. The molecule has 18 heteroatoms. The topological polar surface area (TPSA) is 166 Å². The Morgan fingerprint density at radius 1 is 0.769 bits per heavy atom. The van der Waals surface area contributed by atoms with Crippen molar-refractivity contribution in [2.24, 2.45) is 17.8 Å². The van der Waals surface area contributed by atoms with Crippen molar-refractivity contribution in [2.75, 3.05) is 98.6 Å². The average Bonchev–Trinajstić information content (AvgIpc) is 3.64. The van der Waals surface area contributed by atoms with Crippen LogP contribution in [0.15, 0.2) is 59.7 Å². The number of aromatic nitrogens is 3. The minimum absolute atomic E-state index is 0.141. The number of hydrogen-bond acceptors (Lipinski definition) is 11. The van der Waals surface area contributed by atoms with Crippen LogP contribution in [0.2, 0.25) is 0 Å². The van der Waals surface area contributed by atoms with Crippen LogP contribution in [0.4, 0.5) is 36.2 Å². The molecule has 0 spiro atoms. The van der Waals surface area contributed by atoms with Crippen molar-refractivity contribution in [1.29, 1.82) is 5.26 Å². The van der Waals surface area contributed by atoms with Gasteiger partial charge in [0.25, 0.3) is 5.56 Å². The number of alkyl halides is 3. The third kappa shape index (κ3) is 10.0. The fourth-order valence-electron chi connectivity index (χ4n) is 10.4. The zero-order chi connectivity index (χ0) is 45.2. The number of benzene rings is 1. The predicted molar refractivity (Wildman–Crippen MR) is 240 cm³/mol. The van der Waals surface area contributed by atoms with Gasteiger partial charge in [-0.25, -0.2) is 4.98 Å². The minimum atomic E-state index is -4.62. The van der Waals surface area contributed by atoms with Gasteiger partial charge in [0, 0.05) is 103 Å². The second kappa shape index (κ2) is 18.9. The Labute approximate surface area is 375 Å². The van der Waals surface area contributed by atoms with Gasteiger partial charge >= 0.3 is 6.18 Å². The summed E-state index contributed by atoms with van der Waals surface area (Å²) in [7, 11) is 0. The Bertz CT molecular complexity index is 2420. The van der Waals surface area contributed by atoms with E-state index in [4.69, 9.17) is 5.26 Å². The zero-order valence-corrected chi connectivity index (χ0v) is 36.5. The van der Waals surface area contributed by atoms with E-state index in [1.54, 1.807) is 12.3 Å². The van der Waals surface area contributed by atoms with E-state index < -0.39 is 29.3 Å². The van der Waals surface area contributed by atoms with Crippen molar-refractivity contribution in [3.05, 3.63) is 76.3 Å². The van der Waals surface area contributed by atoms with Crippen molar-refractivity contribution in [1.82, 2.24) is 29.7 Å². The lowest BCUT2D eigenvalue weighted by Gasteiger charge is -2.41. The number of piperidine rings is 4. The average molecular weight is 896 g/mol. The molecule has 1 aromatic carbocycles. The van der Waals surface area contributed by atoms with Crippen LogP contribution in [0.25, 0.3) is 11.3 Å². The molecule has 3 N–H and O–H groups in total. The van der Waals surface area contributed by atoms with Crippen LogP contribution in [-0.2, 0) is 20.6 Å². The maximum absolute atomic E-state index is 13.5. The SMILES string of the molecule is N#Cc1ccc(N2CCC(C(=O)Nc3ccc(N4CCC(CN5CCN(CC6CCN(c7ccc8c(=O)n(C9CCC(=O)NC9=O)cc-8[nH]7)CC6)CC5)CC4)cn3)CC2)cc1C(F)(F)F. The lowest BCUT2D eigenvalue weighted by molar-refractivity contribution is -0.138. The number of nitriles is 1. The molecule has 0 aliphatic carbocycles. The van der Waals surface area contributed by atoms with Crippen molar-refractivity contribution >= 4 is 40.7 Å². The van der Waals surface area contributed by atoms with Gasteiger partial charge in [-0.1, -0.05) is 0 Å². The molecule has 1 atom stereocenters. The van der Waals surface area contributed by atoms with E-state index in [1.807, 2.05) is 35.4 Å². The fraction of sp³-hybridized carbons (Fsp3) is 0.532. The van der Waals surface area contributed by atoms with Gasteiger partial charge in [0.1, 0.15) is 17.7 Å².